The molecule has 0 saturated carbocycles. The summed E-state index contributed by atoms with van der Waals surface area (Å²) in [5, 5.41) is 8.25. The number of benzene rings is 2. The molecule has 4 aromatic rings. The predicted octanol–water partition coefficient (Wildman–Crippen LogP) is 4.43. The molecule has 0 amide bonds. The summed E-state index contributed by atoms with van der Waals surface area (Å²) in [5.74, 6) is 1.57. The first-order chi connectivity index (χ1) is 13.6. The Morgan fingerprint density at radius 1 is 1.14 bits per heavy atom. The van der Waals surface area contributed by atoms with E-state index < -0.39 is 0 Å². The summed E-state index contributed by atoms with van der Waals surface area (Å²) in [6.45, 7) is 4.55. The lowest BCUT2D eigenvalue weighted by atomic mass is 10.2. The second-order valence-electron chi connectivity index (χ2n) is 6.42. The van der Waals surface area contributed by atoms with E-state index in [1.54, 1.807) is 0 Å². The average molecular weight is 392 g/mol. The highest BCUT2D eigenvalue weighted by Crippen LogP contribution is 2.27. The summed E-state index contributed by atoms with van der Waals surface area (Å²) in [6, 6.07) is 17.3. The van der Waals surface area contributed by atoms with Gasteiger partial charge in [0.1, 0.15) is 11.5 Å². The zero-order chi connectivity index (χ0) is 19.5. The molecule has 0 aliphatic heterocycles. The number of rotatable bonds is 6. The normalized spacial score (nSPS) is 10.9. The molecule has 1 N–H and O–H groups in total. The van der Waals surface area contributed by atoms with Gasteiger partial charge in [0.05, 0.1) is 0 Å². The van der Waals surface area contributed by atoms with Crippen LogP contribution >= 0.6 is 11.3 Å². The summed E-state index contributed by atoms with van der Waals surface area (Å²) in [6.07, 6.45) is 0.718. The topological polar surface area (TPSA) is 68.5 Å². The molecule has 0 unspecified atom stereocenters. The van der Waals surface area contributed by atoms with Gasteiger partial charge in [-0.15, -0.1) is 5.10 Å². The highest BCUT2D eigenvalue weighted by molar-refractivity contribution is 7.20. The van der Waals surface area contributed by atoms with Crippen molar-refractivity contribution in [1.29, 1.82) is 0 Å². The molecule has 6 nitrogen and oxygen atoms in total. The third kappa shape index (κ3) is 3.89. The first-order valence-electron chi connectivity index (χ1n) is 9.08. The minimum atomic E-state index is -0.158. The zero-order valence-corrected chi connectivity index (χ0v) is 16.5. The summed E-state index contributed by atoms with van der Waals surface area (Å²) in [4.78, 5) is 17.2. The Bertz CT molecular complexity index is 1170. The van der Waals surface area contributed by atoms with Gasteiger partial charge in [0.2, 0.25) is 10.1 Å². The van der Waals surface area contributed by atoms with Crippen molar-refractivity contribution in [2.45, 2.75) is 26.8 Å². The molecule has 0 atom stereocenters. The molecule has 0 saturated heterocycles. The molecule has 7 heteroatoms. The van der Waals surface area contributed by atoms with Gasteiger partial charge in [0.25, 0.3) is 5.56 Å². The number of anilines is 1. The van der Waals surface area contributed by atoms with E-state index in [4.69, 9.17) is 4.74 Å². The molecule has 0 aliphatic rings. The molecule has 2 aromatic heterocycles. The van der Waals surface area contributed by atoms with Crippen LogP contribution in [-0.2, 0) is 13.0 Å². The van der Waals surface area contributed by atoms with Gasteiger partial charge in [-0.25, -0.2) is 4.98 Å². The quantitative estimate of drug-likeness (QED) is 0.526. The summed E-state index contributed by atoms with van der Waals surface area (Å²) in [7, 11) is 0. The van der Waals surface area contributed by atoms with E-state index >= 15 is 0 Å². The Morgan fingerprint density at radius 3 is 2.71 bits per heavy atom. The molecule has 0 bridgehead atoms. The lowest BCUT2D eigenvalue weighted by molar-refractivity contribution is 0.477. The molecule has 142 valence electrons. The Hall–Kier alpha value is -3.19. The van der Waals surface area contributed by atoms with E-state index in [0.29, 0.717) is 16.6 Å². The number of nitrogens with zero attached hydrogens (tertiary/aromatic N) is 3. The highest BCUT2D eigenvalue weighted by Gasteiger charge is 2.10. The van der Waals surface area contributed by atoms with Crippen LogP contribution in [0.5, 0.6) is 11.5 Å². The van der Waals surface area contributed by atoms with E-state index in [9.17, 15) is 4.79 Å². The molecule has 0 fully saturated rings. The second-order valence-corrected chi connectivity index (χ2v) is 7.37. The van der Waals surface area contributed by atoms with Crippen LogP contribution in [0.2, 0.25) is 0 Å². The smallest absolute Gasteiger partial charge is 0.275 e. The van der Waals surface area contributed by atoms with Gasteiger partial charge in [0.15, 0.2) is 0 Å². The minimum Gasteiger partial charge on any atom is -0.457 e. The Kier molecular flexibility index (Phi) is 5.08. The van der Waals surface area contributed by atoms with Crippen LogP contribution in [0.4, 0.5) is 5.13 Å². The minimum absolute atomic E-state index is 0.158. The van der Waals surface area contributed by atoms with Crippen LogP contribution in [0.15, 0.2) is 59.4 Å². The highest BCUT2D eigenvalue weighted by atomic mass is 32.1. The van der Waals surface area contributed by atoms with Crippen LogP contribution < -0.4 is 15.6 Å². The van der Waals surface area contributed by atoms with Gasteiger partial charge in [-0.05, 0) is 31.5 Å². The second kappa shape index (κ2) is 7.82. The van der Waals surface area contributed by atoms with Crippen molar-refractivity contribution < 1.29 is 4.74 Å². The van der Waals surface area contributed by atoms with Gasteiger partial charge < -0.3 is 10.1 Å². The molecule has 2 heterocycles. The largest absolute Gasteiger partial charge is 0.457 e. The first kappa shape index (κ1) is 18.2. The first-order valence-corrected chi connectivity index (χ1v) is 9.90. The van der Waals surface area contributed by atoms with Gasteiger partial charge in [-0.3, -0.25) is 4.79 Å². The van der Waals surface area contributed by atoms with E-state index in [0.717, 1.165) is 29.2 Å². The van der Waals surface area contributed by atoms with Crippen molar-refractivity contribution >= 4 is 21.4 Å². The molecular weight excluding hydrogens is 372 g/mol. The van der Waals surface area contributed by atoms with Crippen molar-refractivity contribution in [1.82, 2.24) is 14.6 Å². The van der Waals surface area contributed by atoms with Gasteiger partial charge >= 0.3 is 0 Å². The number of aryl methyl sites for hydroxylation is 2. The zero-order valence-electron chi connectivity index (χ0n) is 15.7. The Labute approximate surface area is 166 Å². The Balaban J connectivity index is 1.54. The maximum Gasteiger partial charge on any atom is 0.275 e. The molecule has 0 aliphatic carbocycles. The summed E-state index contributed by atoms with van der Waals surface area (Å²) >= 11 is 1.36. The maximum atomic E-state index is 12.1. The van der Waals surface area contributed by atoms with Gasteiger partial charge in [-0.1, -0.05) is 54.2 Å². The number of fused-ring (bicyclic) bond motifs is 1. The van der Waals surface area contributed by atoms with Crippen molar-refractivity contribution in [3.05, 3.63) is 81.8 Å². The summed E-state index contributed by atoms with van der Waals surface area (Å²) in [5.41, 5.74) is 2.80. The molecule has 28 heavy (non-hydrogen) atoms. The monoisotopic (exact) mass is 392 g/mol. The lowest BCUT2D eigenvalue weighted by Gasteiger charge is -2.11. The number of nitrogens with one attached hydrogen (secondary N) is 1. The molecule has 4 rings (SSSR count). The third-order valence-electron chi connectivity index (χ3n) is 4.31. The maximum absolute atomic E-state index is 12.1. The van der Waals surface area contributed by atoms with Crippen molar-refractivity contribution in [2.75, 3.05) is 5.32 Å². The van der Waals surface area contributed by atoms with E-state index in [2.05, 4.69) is 15.4 Å². The fraction of sp³-hybridized carbons (Fsp3) is 0.190. The fourth-order valence-electron chi connectivity index (χ4n) is 2.76. The van der Waals surface area contributed by atoms with Gasteiger partial charge in [-0.2, -0.15) is 4.52 Å². The number of para-hydroxylation sites is 1. The van der Waals surface area contributed by atoms with E-state index in [1.807, 2.05) is 62.4 Å². The molecular formula is C21H20N4O2S. The number of hydrogen-bond donors (Lipinski definition) is 1. The van der Waals surface area contributed by atoms with Crippen LogP contribution in [0.3, 0.4) is 0 Å². The average Bonchev–Trinajstić information content (AvgIpc) is 3.12. The molecule has 0 radical (unpaired) electrons. The molecule has 0 spiro atoms. The predicted molar refractivity (Wildman–Crippen MR) is 112 cm³/mol. The van der Waals surface area contributed by atoms with Crippen LogP contribution in [0, 0.1) is 6.92 Å². The SMILES string of the molecule is CCc1cc(=O)n2nc(NCc3ccccc3Oc3ccc(C)cc3)sc2n1. The fourth-order valence-corrected chi connectivity index (χ4v) is 3.58. The number of ether oxygens (including phenoxy) is 1. The van der Waals surface area contributed by atoms with Crippen molar-refractivity contribution in [3.8, 4) is 11.5 Å². The Morgan fingerprint density at radius 2 is 1.93 bits per heavy atom. The van der Waals surface area contributed by atoms with Crippen molar-refractivity contribution in [3.63, 3.8) is 0 Å². The van der Waals surface area contributed by atoms with Crippen LogP contribution in [-0.4, -0.2) is 14.6 Å². The van der Waals surface area contributed by atoms with Crippen molar-refractivity contribution in [2.24, 2.45) is 0 Å². The summed E-state index contributed by atoms with van der Waals surface area (Å²) < 4.78 is 7.37. The van der Waals surface area contributed by atoms with Gasteiger partial charge in [0, 0.05) is 23.9 Å². The lowest BCUT2D eigenvalue weighted by Crippen LogP contribution is -2.15. The van der Waals surface area contributed by atoms with Crippen LogP contribution in [0.25, 0.3) is 4.96 Å². The number of hydrogen-bond acceptors (Lipinski definition) is 6. The van der Waals surface area contributed by atoms with E-state index in [1.165, 1.54) is 27.5 Å². The standard InChI is InChI=1S/C21H20N4O2S/c1-3-16-12-19(26)25-21(23-16)28-20(24-25)22-13-15-6-4-5-7-18(15)27-17-10-8-14(2)9-11-17/h4-12H,3,13H2,1-2H3,(H,22,24). The number of aromatic nitrogens is 3. The molecule has 2 aromatic carbocycles. The van der Waals surface area contributed by atoms with E-state index in [-0.39, 0.29) is 5.56 Å². The third-order valence-corrected chi connectivity index (χ3v) is 5.18. The van der Waals surface area contributed by atoms with Crippen LogP contribution in [0.1, 0.15) is 23.7 Å².